The van der Waals surface area contributed by atoms with Crippen molar-refractivity contribution in [3.63, 3.8) is 0 Å². The van der Waals surface area contributed by atoms with Crippen molar-refractivity contribution in [2.24, 2.45) is 0 Å². The number of anilines is 1. The number of amides is 1. The zero-order chi connectivity index (χ0) is 18.5. The van der Waals surface area contributed by atoms with Gasteiger partial charge in [-0.1, -0.05) is 0 Å². The Morgan fingerprint density at radius 3 is 2.69 bits per heavy atom. The van der Waals surface area contributed by atoms with E-state index in [9.17, 15) is 4.79 Å². The van der Waals surface area contributed by atoms with Gasteiger partial charge in [0.1, 0.15) is 21.4 Å². The van der Waals surface area contributed by atoms with Gasteiger partial charge in [0.25, 0.3) is 5.91 Å². The number of ether oxygens (including phenoxy) is 2. The topological polar surface area (TPSA) is 60.5 Å². The molecular formula is C19H20N2O3S2. The van der Waals surface area contributed by atoms with Crippen LogP contribution in [0.4, 0.5) is 5.69 Å². The van der Waals surface area contributed by atoms with E-state index in [1.165, 1.54) is 11.3 Å². The summed E-state index contributed by atoms with van der Waals surface area (Å²) in [5, 5.41) is 7.81. The number of hydrogen-bond acceptors (Lipinski definition) is 6. The monoisotopic (exact) mass is 388 g/mol. The van der Waals surface area contributed by atoms with Gasteiger partial charge in [0.15, 0.2) is 0 Å². The lowest BCUT2D eigenvalue weighted by Crippen LogP contribution is -2.13. The highest BCUT2D eigenvalue weighted by Gasteiger charge is 2.18. The number of aromatic nitrogens is 1. The second-order valence-electron chi connectivity index (χ2n) is 5.42. The number of benzene rings is 1. The summed E-state index contributed by atoms with van der Waals surface area (Å²) < 4.78 is 11.1. The fourth-order valence-corrected chi connectivity index (χ4v) is 4.11. The van der Waals surface area contributed by atoms with Crippen molar-refractivity contribution < 1.29 is 14.3 Å². The van der Waals surface area contributed by atoms with Gasteiger partial charge in [-0.2, -0.15) is 11.3 Å². The third kappa shape index (κ3) is 4.05. The molecule has 0 atom stereocenters. The van der Waals surface area contributed by atoms with Gasteiger partial charge in [-0.05, 0) is 44.4 Å². The van der Waals surface area contributed by atoms with Crippen LogP contribution in [0, 0.1) is 6.92 Å². The van der Waals surface area contributed by atoms with Crippen LogP contribution in [0.15, 0.2) is 35.0 Å². The van der Waals surface area contributed by atoms with Crippen molar-refractivity contribution >= 4 is 34.3 Å². The first-order valence-electron chi connectivity index (χ1n) is 8.33. The summed E-state index contributed by atoms with van der Waals surface area (Å²) >= 11 is 3.00. The minimum atomic E-state index is -0.198. The summed E-state index contributed by atoms with van der Waals surface area (Å²) in [4.78, 5) is 17.9. The molecule has 0 unspecified atom stereocenters. The van der Waals surface area contributed by atoms with Crippen LogP contribution in [0.3, 0.4) is 0 Å². The molecule has 0 spiro atoms. The van der Waals surface area contributed by atoms with Gasteiger partial charge in [0, 0.05) is 17.0 Å². The molecule has 0 radical (unpaired) electrons. The minimum absolute atomic E-state index is 0.198. The zero-order valence-electron chi connectivity index (χ0n) is 14.9. The minimum Gasteiger partial charge on any atom is -0.494 e. The average molecular weight is 389 g/mol. The summed E-state index contributed by atoms with van der Waals surface area (Å²) in [6, 6.07) is 7.42. The molecule has 0 aliphatic heterocycles. The summed E-state index contributed by atoms with van der Waals surface area (Å²) in [5.41, 5.74) is 2.34. The van der Waals surface area contributed by atoms with Crippen molar-refractivity contribution in [3.8, 4) is 22.1 Å². The van der Waals surface area contributed by atoms with Gasteiger partial charge < -0.3 is 14.8 Å². The Morgan fingerprint density at radius 2 is 2.00 bits per heavy atom. The third-order valence-corrected chi connectivity index (χ3v) is 5.47. The van der Waals surface area contributed by atoms with E-state index in [0.29, 0.717) is 41.0 Å². The molecule has 1 amide bonds. The first-order valence-corrected chi connectivity index (χ1v) is 10.1. The largest absolute Gasteiger partial charge is 0.494 e. The fraction of sp³-hybridized carbons (Fsp3) is 0.263. The Bertz CT molecular complexity index is 888. The molecule has 136 valence electrons. The SMILES string of the molecule is CCOc1ccc(OCC)c(NC(=O)c2sc(-c3ccsc3)nc2C)c1. The second-order valence-corrected chi connectivity index (χ2v) is 7.20. The van der Waals surface area contributed by atoms with E-state index in [0.717, 1.165) is 10.6 Å². The standard InChI is InChI=1S/C19H20N2O3S2/c1-4-23-14-6-7-16(24-5-2)15(10-14)21-18(22)17-12(3)20-19(26-17)13-8-9-25-11-13/h6-11H,4-5H2,1-3H3,(H,21,22). The molecule has 0 aliphatic rings. The van der Waals surface area contributed by atoms with Crippen molar-refractivity contribution in [1.29, 1.82) is 0 Å². The summed E-state index contributed by atoms with van der Waals surface area (Å²) in [7, 11) is 0. The molecule has 5 nitrogen and oxygen atoms in total. The van der Waals surface area contributed by atoms with Crippen molar-refractivity contribution in [3.05, 3.63) is 45.6 Å². The normalized spacial score (nSPS) is 10.6. The lowest BCUT2D eigenvalue weighted by atomic mass is 10.2. The summed E-state index contributed by atoms with van der Waals surface area (Å²) in [6.07, 6.45) is 0. The Hall–Kier alpha value is -2.38. The van der Waals surface area contributed by atoms with E-state index >= 15 is 0 Å². The van der Waals surface area contributed by atoms with Crippen LogP contribution in [0.1, 0.15) is 29.2 Å². The lowest BCUT2D eigenvalue weighted by Gasteiger charge is -2.13. The maximum absolute atomic E-state index is 12.8. The van der Waals surface area contributed by atoms with E-state index in [1.54, 1.807) is 23.5 Å². The van der Waals surface area contributed by atoms with E-state index in [2.05, 4.69) is 10.3 Å². The van der Waals surface area contributed by atoms with Crippen LogP contribution in [0.2, 0.25) is 0 Å². The molecule has 0 bridgehead atoms. The molecule has 0 saturated carbocycles. The molecule has 1 N–H and O–H groups in total. The summed E-state index contributed by atoms with van der Waals surface area (Å²) in [6.45, 7) is 6.74. The van der Waals surface area contributed by atoms with Crippen LogP contribution < -0.4 is 14.8 Å². The molecule has 0 fully saturated rings. The first kappa shape index (κ1) is 18.4. The van der Waals surface area contributed by atoms with Crippen molar-refractivity contribution in [1.82, 2.24) is 4.98 Å². The quantitative estimate of drug-likeness (QED) is 0.602. The van der Waals surface area contributed by atoms with Crippen molar-refractivity contribution in [2.45, 2.75) is 20.8 Å². The predicted octanol–water partition coefficient (Wildman–Crippen LogP) is 5.23. The maximum atomic E-state index is 12.8. The van der Waals surface area contributed by atoms with Crippen LogP contribution in [0.25, 0.3) is 10.6 Å². The number of thiazole rings is 1. The van der Waals surface area contributed by atoms with Gasteiger partial charge >= 0.3 is 0 Å². The smallest absolute Gasteiger partial charge is 0.267 e. The van der Waals surface area contributed by atoms with E-state index in [4.69, 9.17) is 9.47 Å². The lowest BCUT2D eigenvalue weighted by molar-refractivity contribution is 0.102. The highest BCUT2D eigenvalue weighted by molar-refractivity contribution is 7.17. The van der Waals surface area contributed by atoms with Gasteiger partial charge in [0.2, 0.25) is 0 Å². The van der Waals surface area contributed by atoms with E-state index in [-0.39, 0.29) is 5.91 Å². The van der Waals surface area contributed by atoms with Gasteiger partial charge in [-0.3, -0.25) is 4.79 Å². The molecule has 7 heteroatoms. The Kier molecular flexibility index (Phi) is 5.90. The molecule has 0 saturated heterocycles. The maximum Gasteiger partial charge on any atom is 0.267 e. The molecule has 2 aromatic heterocycles. The number of aryl methyl sites for hydroxylation is 1. The van der Waals surface area contributed by atoms with E-state index < -0.39 is 0 Å². The van der Waals surface area contributed by atoms with Crippen LogP contribution in [-0.2, 0) is 0 Å². The van der Waals surface area contributed by atoms with Crippen molar-refractivity contribution in [2.75, 3.05) is 18.5 Å². The second kappa shape index (κ2) is 8.33. The van der Waals surface area contributed by atoms with Crippen LogP contribution in [-0.4, -0.2) is 24.1 Å². The fourth-order valence-electron chi connectivity index (χ4n) is 2.44. The molecule has 3 aromatic rings. The zero-order valence-corrected chi connectivity index (χ0v) is 16.5. The average Bonchev–Trinajstić information content (AvgIpc) is 3.27. The molecule has 2 heterocycles. The number of rotatable bonds is 7. The van der Waals surface area contributed by atoms with E-state index in [1.807, 2.05) is 43.7 Å². The molecule has 26 heavy (non-hydrogen) atoms. The third-order valence-electron chi connectivity index (χ3n) is 3.58. The molecular weight excluding hydrogens is 368 g/mol. The Morgan fingerprint density at radius 1 is 1.19 bits per heavy atom. The highest BCUT2D eigenvalue weighted by atomic mass is 32.1. The van der Waals surface area contributed by atoms with Gasteiger partial charge in [-0.15, -0.1) is 11.3 Å². The number of nitrogens with zero attached hydrogens (tertiary/aromatic N) is 1. The number of carbonyl (C=O) groups excluding carboxylic acids is 1. The number of hydrogen-bond donors (Lipinski definition) is 1. The Balaban J connectivity index is 1.86. The molecule has 3 rings (SSSR count). The van der Waals surface area contributed by atoms with Crippen LogP contribution >= 0.6 is 22.7 Å². The van der Waals surface area contributed by atoms with Crippen LogP contribution in [0.5, 0.6) is 11.5 Å². The summed E-state index contributed by atoms with van der Waals surface area (Å²) in [5.74, 6) is 1.10. The molecule has 1 aromatic carbocycles. The number of thiophene rings is 1. The molecule has 0 aliphatic carbocycles. The predicted molar refractivity (Wildman–Crippen MR) is 107 cm³/mol. The van der Waals surface area contributed by atoms with Gasteiger partial charge in [0.05, 0.1) is 24.6 Å². The highest BCUT2D eigenvalue weighted by Crippen LogP contribution is 2.33. The first-order chi connectivity index (χ1) is 12.6. The van der Waals surface area contributed by atoms with Gasteiger partial charge in [-0.25, -0.2) is 4.98 Å². The number of carbonyl (C=O) groups is 1. The Labute approximate surface area is 160 Å². The number of nitrogens with one attached hydrogen (secondary N) is 1.